The first-order chi connectivity index (χ1) is 18.4. The summed E-state index contributed by atoms with van der Waals surface area (Å²) in [7, 11) is 2.08. The van der Waals surface area contributed by atoms with E-state index in [0.29, 0.717) is 17.7 Å². The number of rotatable bonds is 10. The van der Waals surface area contributed by atoms with Gasteiger partial charge in [0.1, 0.15) is 0 Å². The Hall–Kier alpha value is -3.27. The summed E-state index contributed by atoms with van der Waals surface area (Å²) in [5.74, 6) is -0.0698. The number of aromatic nitrogens is 2. The zero-order chi connectivity index (χ0) is 26.6. The molecule has 0 saturated carbocycles. The van der Waals surface area contributed by atoms with Crippen molar-refractivity contribution in [3.05, 3.63) is 59.8 Å². The third kappa shape index (κ3) is 5.75. The van der Waals surface area contributed by atoms with E-state index >= 15 is 0 Å². The second-order valence-corrected chi connectivity index (χ2v) is 11.0. The van der Waals surface area contributed by atoms with Gasteiger partial charge in [0.25, 0.3) is 11.8 Å². The number of benzene rings is 2. The Kier molecular flexibility index (Phi) is 8.06. The molecule has 1 unspecified atom stereocenters. The molecule has 38 heavy (non-hydrogen) atoms. The van der Waals surface area contributed by atoms with Gasteiger partial charge in [-0.1, -0.05) is 37.3 Å². The first-order valence-corrected chi connectivity index (χ1v) is 14.3. The van der Waals surface area contributed by atoms with E-state index in [1.165, 1.54) is 0 Å². The fourth-order valence-corrected chi connectivity index (χ4v) is 6.09. The average molecular weight is 533 g/mol. The predicted molar refractivity (Wildman–Crippen MR) is 154 cm³/mol. The molecule has 9 heteroatoms. The summed E-state index contributed by atoms with van der Waals surface area (Å²) in [6, 6.07) is 13.7. The molecule has 0 aliphatic carbocycles. The van der Waals surface area contributed by atoms with Crippen LogP contribution in [0.1, 0.15) is 47.4 Å². The number of likely N-dealkylation sites (tertiary alicyclic amines) is 1. The smallest absolute Gasteiger partial charge is 0.251 e. The third-order valence-corrected chi connectivity index (χ3v) is 8.37. The lowest BCUT2D eigenvalue weighted by atomic mass is 10.1. The van der Waals surface area contributed by atoms with E-state index in [4.69, 9.17) is 4.98 Å². The van der Waals surface area contributed by atoms with Gasteiger partial charge >= 0.3 is 0 Å². The number of likely N-dealkylation sites (N-methyl/N-ethyl adjacent to an activating group) is 1. The van der Waals surface area contributed by atoms with E-state index in [9.17, 15) is 9.59 Å². The molecule has 0 bridgehead atoms. The number of hydrogen-bond acceptors (Lipinski definition) is 6. The van der Waals surface area contributed by atoms with Gasteiger partial charge in [0.2, 0.25) is 0 Å². The molecule has 1 aliphatic heterocycles. The number of hydrogen-bond donors (Lipinski definition) is 2. The number of carbonyl (C=O) groups is 2. The minimum atomic E-state index is -0.0396. The summed E-state index contributed by atoms with van der Waals surface area (Å²) in [6.07, 6.45) is 3.95. The van der Waals surface area contributed by atoms with Gasteiger partial charge in [0, 0.05) is 42.0 Å². The van der Waals surface area contributed by atoms with Crippen LogP contribution in [-0.2, 0) is 0 Å². The molecule has 0 spiro atoms. The van der Waals surface area contributed by atoms with E-state index in [1.54, 1.807) is 11.3 Å². The van der Waals surface area contributed by atoms with E-state index in [2.05, 4.69) is 45.7 Å². The first-order valence-electron chi connectivity index (χ1n) is 13.5. The van der Waals surface area contributed by atoms with Crippen LogP contribution in [-0.4, -0.2) is 83.4 Å². The predicted octanol–water partition coefficient (Wildman–Crippen LogP) is 4.11. The number of imidazole rings is 1. The summed E-state index contributed by atoms with van der Waals surface area (Å²) >= 11 is 1.57. The van der Waals surface area contributed by atoms with Crippen molar-refractivity contribution in [3.63, 3.8) is 0 Å². The second kappa shape index (κ2) is 11.6. The lowest BCUT2D eigenvalue weighted by molar-refractivity contribution is 0.0934. The molecule has 1 aliphatic rings. The Morgan fingerprint density at radius 3 is 2.55 bits per heavy atom. The highest BCUT2D eigenvalue weighted by atomic mass is 32.1. The second-order valence-electron chi connectivity index (χ2n) is 10.00. The molecule has 1 fully saturated rings. The summed E-state index contributed by atoms with van der Waals surface area (Å²) < 4.78 is 3.10. The van der Waals surface area contributed by atoms with Gasteiger partial charge in [-0.3, -0.25) is 14.0 Å². The number of nitrogens with one attached hydrogen (secondary N) is 2. The number of thiazole rings is 1. The number of fused-ring (bicyclic) bond motifs is 3. The molecule has 1 saturated heterocycles. The van der Waals surface area contributed by atoms with Crippen molar-refractivity contribution in [1.82, 2.24) is 29.8 Å². The fourth-order valence-electron chi connectivity index (χ4n) is 5.04. The Labute approximate surface area is 227 Å². The zero-order valence-corrected chi connectivity index (χ0v) is 23.2. The minimum absolute atomic E-state index is 0.0302. The summed E-state index contributed by atoms with van der Waals surface area (Å²) in [5.41, 5.74) is 4.18. The van der Waals surface area contributed by atoms with Crippen LogP contribution in [0.5, 0.6) is 0 Å². The average Bonchev–Trinajstić information content (AvgIpc) is 3.62. The molecule has 3 heterocycles. The van der Waals surface area contributed by atoms with Crippen molar-refractivity contribution in [2.45, 2.75) is 32.7 Å². The van der Waals surface area contributed by atoms with Crippen LogP contribution in [0.25, 0.3) is 26.4 Å². The number of nitrogens with zero attached hydrogens (tertiary/aromatic N) is 4. The van der Waals surface area contributed by atoms with Crippen LogP contribution in [0.3, 0.4) is 0 Å². The van der Waals surface area contributed by atoms with Gasteiger partial charge in [-0.15, -0.1) is 0 Å². The van der Waals surface area contributed by atoms with E-state index in [0.717, 1.165) is 72.0 Å². The molecule has 1 atom stereocenters. The van der Waals surface area contributed by atoms with Crippen molar-refractivity contribution in [2.75, 3.05) is 46.3 Å². The quantitative estimate of drug-likeness (QED) is 0.301. The Morgan fingerprint density at radius 1 is 1.08 bits per heavy atom. The van der Waals surface area contributed by atoms with Crippen LogP contribution >= 0.6 is 11.3 Å². The number of carbonyl (C=O) groups excluding carboxylic acids is 2. The van der Waals surface area contributed by atoms with Gasteiger partial charge in [0.05, 0.1) is 15.9 Å². The first kappa shape index (κ1) is 26.3. The Morgan fingerprint density at radius 2 is 1.84 bits per heavy atom. The zero-order valence-electron chi connectivity index (χ0n) is 22.4. The van der Waals surface area contributed by atoms with Crippen molar-refractivity contribution >= 4 is 38.3 Å². The Bertz CT molecular complexity index is 1420. The van der Waals surface area contributed by atoms with Gasteiger partial charge in [-0.2, -0.15) is 0 Å². The lowest BCUT2D eigenvalue weighted by Crippen LogP contribution is -2.36. The molecule has 2 aromatic heterocycles. The maximum absolute atomic E-state index is 12.7. The fraction of sp³-hybridized carbons (Fsp3) is 0.414. The normalized spacial score (nSPS) is 16.1. The maximum Gasteiger partial charge on any atom is 0.251 e. The monoisotopic (exact) mass is 532 g/mol. The third-order valence-electron chi connectivity index (χ3n) is 7.36. The van der Waals surface area contributed by atoms with Crippen molar-refractivity contribution in [3.8, 4) is 11.3 Å². The Balaban J connectivity index is 1.24. The highest BCUT2D eigenvalue weighted by Gasteiger charge is 2.21. The standard InChI is InChI=1S/C29H36N6O2S/c1-4-34(5-2)15-6-14-30-27(36)22-11-12-25-26(17-22)38-29-32-24(19-35(25)29)20-7-9-21(10-8-20)28(37)31-23-13-16-33(3)18-23/h7-12,17,19,23H,4-6,13-16,18H2,1-3H3,(H,30,36)(H,31,37). The van der Waals surface area contributed by atoms with Crippen molar-refractivity contribution in [2.24, 2.45) is 0 Å². The number of amides is 2. The molecular formula is C29H36N6O2S. The molecule has 4 aromatic rings. The highest BCUT2D eigenvalue weighted by molar-refractivity contribution is 7.23. The molecule has 0 radical (unpaired) electrons. The van der Waals surface area contributed by atoms with Crippen molar-refractivity contribution in [1.29, 1.82) is 0 Å². The molecule has 2 N–H and O–H groups in total. The van der Waals surface area contributed by atoms with Crippen LogP contribution in [0.4, 0.5) is 0 Å². The van der Waals surface area contributed by atoms with Gasteiger partial charge in [-0.05, 0) is 76.4 Å². The molecule has 8 nitrogen and oxygen atoms in total. The molecule has 2 aromatic carbocycles. The summed E-state index contributed by atoms with van der Waals surface area (Å²) in [5, 5.41) is 6.17. The van der Waals surface area contributed by atoms with E-state index in [-0.39, 0.29) is 17.9 Å². The largest absolute Gasteiger partial charge is 0.352 e. The molecule has 5 rings (SSSR count). The van der Waals surface area contributed by atoms with E-state index in [1.807, 2.05) is 48.7 Å². The highest BCUT2D eigenvalue weighted by Crippen LogP contribution is 2.30. The van der Waals surface area contributed by atoms with Gasteiger partial charge < -0.3 is 20.4 Å². The van der Waals surface area contributed by atoms with Crippen molar-refractivity contribution < 1.29 is 9.59 Å². The van der Waals surface area contributed by atoms with Crippen LogP contribution in [0.2, 0.25) is 0 Å². The topological polar surface area (TPSA) is 82.0 Å². The van der Waals surface area contributed by atoms with Gasteiger partial charge in [0.15, 0.2) is 4.96 Å². The molecular weight excluding hydrogens is 496 g/mol. The molecule has 200 valence electrons. The summed E-state index contributed by atoms with van der Waals surface area (Å²) in [6.45, 7) is 9.95. The van der Waals surface area contributed by atoms with Crippen LogP contribution in [0.15, 0.2) is 48.7 Å². The summed E-state index contributed by atoms with van der Waals surface area (Å²) in [4.78, 5) is 35.6. The van der Waals surface area contributed by atoms with Gasteiger partial charge in [-0.25, -0.2) is 4.98 Å². The molecule has 2 amide bonds. The lowest BCUT2D eigenvalue weighted by Gasteiger charge is -2.17. The van der Waals surface area contributed by atoms with Crippen LogP contribution < -0.4 is 10.6 Å². The van der Waals surface area contributed by atoms with E-state index < -0.39 is 0 Å². The SMILES string of the molecule is CCN(CC)CCCNC(=O)c1ccc2c(c1)sc1nc(-c3ccc(C(=O)NC4CCN(C)C4)cc3)cn12. The maximum atomic E-state index is 12.7. The van der Waals surface area contributed by atoms with Crippen LogP contribution in [0, 0.1) is 0 Å². The minimum Gasteiger partial charge on any atom is -0.352 e.